The Balaban J connectivity index is 1.76. The molecule has 0 bridgehead atoms. The summed E-state index contributed by atoms with van der Waals surface area (Å²) in [6.45, 7) is 0.978. The number of rotatable bonds is 5. The van der Waals surface area contributed by atoms with Gasteiger partial charge in [-0.05, 0) is 30.7 Å². The highest BCUT2D eigenvalue weighted by Crippen LogP contribution is 2.32. The fourth-order valence-corrected chi connectivity index (χ4v) is 3.10. The maximum absolute atomic E-state index is 12.8. The zero-order valence-corrected chi connectivity index (χ0v) is 15.4. The molecule has 0 aliphatic carbocycles. The molecule has 1 aliphatic rings. The third-order valence-corrected chi connectivity index (χ3v) is 4.61. The predicted octanol–water partition coefficient (Wildman–Crippen LogP) is 2.91. The number of halogens is 3. The van der Waals surface area contributed by atoms with Crippen molar-refractivity contribution in [2.24, 2.45) is 0 Å². The molecule has 11 heteroatoms. The van der Waals surface area contributed by atoms with Crippen molar-refractivity contribution in [2.75, 3.05) is 0 Å². The largest absolute Gasteiger partial charge is 0.416 e. The van der Waals surface area contributed by atoms with E-state index in [0.29, 0.717) is 4.90 Å². The minimum Gasteiger partial charge on any atom is -0.350 e. The van der Waals surface area contributed by atoms with Gasteiger partial charge in [0, 0.05) is 12.6 Å². The van der Waals surface area contributed by atoms with Crippen LogP contribution in [0.25, 0.3) is 0 Å². The number of nitrogens with one attached hydrogen (secondary N) is 1. The van der Waals surface area contributed by atoms with Crippen LogP contribution < -0.4 is 5.32 Å². The zero-order valence-electron chi connectivity index (χ0n) is 15.4. The first-order valence-corrected chi connectivity index (χ1v) is 8.61. The van der Waals surface area contributed by atoms with Gasteiger partial charge in [-0.15, -0.1) is 0 Å². The van der Waals surface area contributed by atoms with Gasteiger partial charge in [0.25, 0.3) is 17.5 Å². The number of imide groups is 1. The number of nitro groups is 1. The number of hydrogen-bond acceptors (Lipinski definition) is 5. The first-order chi connectivity index (χ1) is 14.0. The summed E-state index contributed by atoms with van der Waals surface area (Å²) in [7, 11) is 0. The predicted molar refractivity (Wildman–Crippen MR) is 96.3 cm³/mol. The molecule has 1 unspecified atom stereocenters. The van der Waals surface area contributed by atoms with E-state index in [2.05, 4.69) is 5.32 Å². The molecule has 2 aromatic rings. The van der Waals surface area contributed by atoms with E-state index in [4.69, 9.17) is 0 Å². The van der Waals surface area contributed by atoms with Gasteiger partial charge in [0.15, 0.2) is 0 Å². The zero-order chi connectivity index (χ0) is 22.2. The Labute approximate surface area is 167 Å². The number of nitro benzene ring substituents is 1. The number of carbonyl (C=O) groups is 3. The molecule has 0 fully saturated rings. The lowest BCUT2D eigenvalue weighted by Crippen LogP contribution is -2.47. The summed E-state index contributed by atoms with van der Waals surface area (Å²) in [6, 6.07) is 6.58. The molecule has 0 aromatic heterocycles. The van der Waals surface area contributed by atoms with Crippen LogP contribution in [-0.2, 0) is 17.5 Å². The molecule has 0 saturated heterocycles. The Morgan fingerprint density at radius 1 is 1.17 bits per heavy atom. The average molecular weight is 421 g/mol. The number of alkyl halides is 3. The lowest BCUT2D eigenvalue weighted by atomic mass is 10.1. The van der Waals surface area contributed by atoms with E-state index in [1.807, 2.05) is 0 Å². The number of benzene rings is 2. The molecule has 30 heavy (non-hydrogen) atoms. The lowest BCUT2D eigenvalue weighted by Gasteiger charge is -2.21. The SMILES string of the molecule is CC(C(=O)NCc1cccc(C(F)(F)F)c1)N1C(=O)c2cccc([N+](=O)[O-])c2C1=O. The Hall–Kier alpha value is -3.76. The molecule has 1 aliphatic heterocycles. The van der Waals surface area contributed by atoms with Crippen LogP contribution in [0.5, 0.6) is 0 Å². The fraction of sp³-hybridized carbons (Fsp3) is 0.211. The molecule has 0 spiro atoms. The molecular weight excluding hydrogens is 407 g/mol. The van der Waals surface area contributed by atoms with Crippen LogP contribution in [-0.4, -0.2) is 33.6 Å². The van der Waals surface area contributed by atoms with E-state index in [-0.39, 0.29) is 17.7 Å². The number of amides is 3. The topological polar surface area (TPSA) is 110 Å². The molecule has 1 heterocycles. The normalized spacial score (nSPS) is 14.5. The second kappa shape index (κ2) is 7.58. The van der Waals surface area contributed by atoms with Crippen molar-refractivity contribution in [2.45, 2.75) is 25.7 Å². The van der Waals surface area contributed by atoms with E-state index < -0.39 is 51.7 Å². The van der Waals surface area contributed by atoms with Gasteiger partial charge < -0.3 is 5.32 Å². The standard InChI is InChI=1S/C19H14F3N3O5/c1-10(16(26)23-9-11-4-2-5-12(8-11)19(20,21)22)24-17(27)13-6-3-7-14(25(29)30)15(13)18(24)28/h2-8,10H,9H2,1H3,(H,23,26). The van der Waals surface area contributed by atoms with Gasteiger partial charge in [0.1, 0.15) is 11.6 Å². The van der Waals surface area contributed by atoms with Crippen molar-refractivity contribution >= 4 is 23.4 Å². The van der Waals surface area contributed by atoms with E-state index in [1.165, 1.54) is 31.2 Å². The van der Waals surface area contributed by atoms with Gasteiger partial charge in [-0.3, -0.25) is 29.4 Å². The van der Waals surface area contributed by atoms with Gasteiger partial charge in [-0.2, -0.15) is 13.2 Å². The molecule has 2 aromatic carbocycles. The van der Waals surface area contributed by atoms with Gasteiger partial charge in [-0.1, -0.05) is 18.2 Å². The maximum atomic E-state index is 12.8. The summed E-state index contributed by atoms with van der Waals surface area (Å²) >= 11 is 0. The molecule has 1 N–H and O–H groups in total. The van der Waals surface area contributed by atoms with Crippen LogP contribution >= 0.6 is 0 Å². The lowest BCUT2D eigenvalue weighted by molar-refractivity contribution is -0.385. The van der Waals surface area contributed by atoms with Gasteiger partial charge in [-0.25, -0.2) is 0 Å². The molecule has 3 amide bonds. The molecule has 1 atom stereocenters. The number of fused-ring (bicyclic) bond motifs is 1. The summed E-state index contributed by atoms with van der Waals surface area (Å²) in [4.78, 5) is 48.5. The number of nitrogens with zero attached hydrogens (tertiary/aromatic N) is 2. The summed E-state index contributed by atoms with van der Waals surface area (Å²) in [5.74, 6) is -2.64. The summed E-state index contributed by atoms with van der Waals surface area (Å²) in [5.41, 5.74) is -1.85. The number of hydrogen-bond donors (Lipinski definition) is 1. The Kier molecular flexibility index (Phi) is 5.29. The fourth-order valence-electron chi connectivity index (χ4n) is 3.10. The molecular formula is C19H14F3N3O5. The van der Waals surface area contributed by atoms with E-state index in [1.54, 1.807) is 0 Å². The van der Waals surface area contributed by atoms with Crippen molar-refractivity contribution in [1.82, 2.24) is 10.2 Å². The molecule has 8 nitrogen and oxygen atoms in total. The van der Waals surface area contributed by atoms with E-state index in [9.17, 15) is 37.7 Å². The molecule has 0 saturated carbocycles. The van der Waals surface area contributed by atoms with Crippen molar-refractivity contribution < 1.29 is 32.5 Å². The first-order valence-electron chi connectivity index (χ1n) is 8.61. The van der Waals surface area contributed by atoms with Crippen LogP contribution in [0.1, 0.15) is 38.8 Å². The first kappa shape index (κ1) is 21.0. The van der Waals surface area contributed by atoms with E-state index in [0.717, 1.165) is 18.2 Å². The highest BCUT2D eigenvalue weighted by atomic mass is 19.4. The summed E-state index contributed by atoms with van der Waals surface area (Å²) in [6.07, 6.45) is -4.54. The second-order valence-electron chi connectivity index (χ2n) is 6.53. The number of carbonyl (C=O) groups excluding carboxylic acids is 3. The molecule has 156 valence electrons. The van der Waals surface area contributed by atoms with E-state index >= 15 is 0 Å². The van der Waals surface area contributed by atoms with Crippen LogP contribution in [0.3, 0.4) is 0 Å². The molecule has 0 radical (unpaired) electrons. The third kappa shape index (κ3) is 3.73. The van der Waals surface area contributed by atoms with Crippen LogP contribution in [0, 0.1) is 10.1 Å². The Bertz CT molecular complexity index is 1070. The van der Waals surface area contributed by atoms with Gasteiger partial charge >= 0.3 is 6.18 Å². The van der Waals surface area contributed by atoms with Crippen molar-refractivity contribution in [3.63, 3.8) is 0 Å². The Morgan fingerprint density at radius 2 is 1.83 bits per heavy atom. The smallest absolute Gasteiger partial charge is 0.350 e. The highest BCUT2D eigenvalue weighted by Gasteiger charge is 2.44. The monoisotopic (exact) mass is 421 g/mol. The second-order valence-corrected chi connectivity index (χ2v) is 6.53. The van der Waals surface area contributed by atoms with Crippen molar-refractivity contribution in [3.05, 3.63) is 74.8 Å². The summed E-state index contributed by atoms with van der Waals surface area (Å²) < 4.78 is 38.4. The molecule has 3 rings (SSSR count). The van der Waals surface area contributed by atoms with Crippen LogP contribution in [0.4, 0.5) is 18.9 Å². The van der Waals surface area contributed by atoms with Crippen LogP contribution in [0.15, 0.2) is 42.5 Å². The van der Waals surface area contributed by atoms with Crippen molar-refractivity contribution in [3.8, 4) is 0 Å². The Morgan fingerprint density at radius 3 is 2.47 bits per heavy atom. The third-order valence-electron chi connectivity index (χ3n) is 4.61. The van der Waals surface area contributed by atoms with Gasteiger partial charge in [0.2, 0.25) is 5.91 Å². The minimum absolute atomic E-state index is 0.170. The average Bonchev–Trinajstić information content (AvgIpc) is 2.95. The summed E-state index contributed by atoms with van der Waals surface area (Å²) in [5, 5.41) is 13.5. The highest BCUT2D eigenvalue weighted by molar-refractivity contribution is 6.24. The maximum Gasteiger partial charge on any atom is 0.416 e. The van der Waals surface area contributed by atoms with Crippen molar-refractivity contribution in [1.29, 1.82) is 0 Å². The van der Waals surface area contributed by atoms with Gasteiger partial charge in [0.05, 0.1) is 16.1 Å². The quantitative estimate of drug-likeness (QED) is 0.454. The minimum atomic E-state index is -4.54. The van der Waals surface area contributed by atoms with Crippen LogP contribution in [0.2, 0.25) is 0 Å².